The quantitative estimate of drug-likeness (QED) is 0.689. The predicted octanol–water partition coefficient (Wildman–Crippen LogP) is 1.85. The summed E-state index contributed by atoms with van der Waals surface area (Å²) in [4.78, 5) is 0. The number of anilines is 2. The van der Waals surface area contributed by atoms with Crippen LogP contribution in [0.1, 0.15) is 13.8 Å². The average Bonchev–Trinajstić information content (AvgIpc) is 2.28. The molecule has 0 aliphatic heterocycles. The molecule has 4 nitrogen and oxygen atoms in total. The zero-order chi connectivity index (χ0) is 13.1. The van der Waals surface area contributed by atoms with Crippen LogP contribution in [0.25, 0.3) is 0 Å². The van der Waals surface area contributed by atoms with Gasteiger partial charge in [-0.25, -0.2) is 4.39 Å². The van der Waals surface area contributed by atoms with E-state index < -0.39 is 5.82 Å². The van der Waals surface area contributed by atoms with Crippen molar-refractivity contribution in [2.75, 3.05) is 31.3 Å². The van der Waals surface area contributed by atoms with Gasteiger partial charge in [0.15, 0.2) is 0 Å². The van der Waals surface area contributed by atoms with Gasteiger partial charge in [0.05, 0.1) is 18.5 Å². The Balaban J connectivity index is 2.84. The van der Waals surface area contributed by atoms with Gasteiger partial charge < -0.3 is 20.9 Å². The zero-order valence-electron chi connectivity index (χ0n) is 10.4. The van der Waals surface area contributed by atoms with Crippen LogP contribution in [0.15, 0.2) is 12.1 Å². The zero-order valence-corrected chi connectivity index (χ0v) is 10.4. The first-order valence-electron chi connectivity index (χ1n) is 5.37. The van der Waals surface area contributed by atoms with Gasteiger partial charge in [-0.2, -0.15) is 0 Å². The fourth-order valence-electron chi connectivity index (χ4n) is 1.27. The standard InChI is InChI=1S/C12H19FN2O2/c1-12(2,7-16)6-15-10-5-11(17-3)9(14)4-8(10)13/h4-5,15-16H,6-7,14H2,1-3H3. The van der Waals surface area contributed by atoms with Crippen LogP contribution in [0.2, 0.25) is 0 Å². The molecule has 0 aromatic heterocycles. The molecular weight excluding hydrogens is 223 g/mol. The van der Waals surface area contributed by atoms with E-state index in [1.54, 1.807) is 0 Å². The van der Waals surface area contributed by atoms with Gasteiger partial charge in [0.2, 0.25) is 0 Å². The first-order valence-corrected chi connectivity index (χ1v) is 5.37. The second-order valence-corrected chi connectivity index (χ2v) is 4.75. The number of nitrogens with two attached hydrogens (primary N) is 1. The van der Waals surface area contributed by atoms with Crippen molar-refractivity contribution in [1.29, 1.82) is 0 Å². The van der Waals surface area contributed by atoms with Gasteiger partial charge in [-0.3, -0.25) is 0 Å². The molecule has 0 bridgehead atoms. The molecular formula is C12H19FN2O2. The van der Waals surface area contributed by atoms with Crippen molar-refractivity contribution in [1.82, 2.24) is 0 Å². The molecule has 1 aromatic rings. The number of hydrogen-bond donors (Lipinski definition) is 3. The highest BCUT2D eigenvalue weighted by Crippen LogP contribution is 2.29. The van der Waals surface area contributed by atoms with Crippen LogP contribution in [0.5, 0.6) is 5.75 Å². The second kappa shape index (κ2) is 5.23. The van der Waals surface area contributed by atoms with E-state index in [0.717, 1.165) is 0 Å². The Kier molecular flexibility index (Phi) is 4.17. The molecule has 96 valence electrons. The Hall–Kier alpha value is -1.49. The van der Waals surface area contributed by atoms with E-state index in [2.05, 4.69) is 5.32 Å². The molecule has 0 heterocycles. The lowest BCUT2D eigenvalue weighted by molar-refractivity contribution is 0.170. The molecule has 0 aliphatic rings. The van der Waals surface area contributed by atoms with E-state index >= 15 is 0 Å². The number of rotatable bonds is 5. The van der Waals surface area contributed by atoms with E-state index in [-0.39, 0.29) is 17.7 Å². The summed E-state index contributed by atoms with van der Waals surface area (Å²) < 4.78 is 18.6. The van der Waals surface area contributed by atoms with E-state index in [4.69, 9.17) is 15.6 Å². The summed E-state index contributed by atoms with van der Waals surface area (Å²) >= 11 is 0. The maximum atomic E-state index is 13.6. The molecule has 4 N–H and O–H groups in total. The Morgan fingerprint density at radius 3 is 2.65 bits per heavy atom. The highest BCUT2D eigenvalue weighted by atomic mass is 19.1. The first-order chi connectivity index (χ1) is 7.89. The normalized spacial score (nSPS) is 11.4. The molecule has 0 saturated carbocycles. The minimum atomic E-state index is -0.433. The third-order valence-corrected chi connectivity index (χ3v) is 2.50. The van der Waals surface area contributed by atoms with Crippen LogP contribution < -0.4 is 15.8 Å². The maximum Gasteiger partial charge on any atom is 0.148 e. The van der Waals surface area contributed by atoms with Crippen LogP contribution in [-0.2, 0) is 0 Å². The van der Waals surface area contributed by atoms with Crippen LogP contribution >= 0.6 is 0 Å². The summed E-state index contributed by atoms with van der Waals surface area (Å²) in [5.41, 5.74) is 5.84. The minimum Gasteiger partial charge on any atom is -0.495 e. The summed E-state index contributed by atoms with van der Waals surface area (Å²) in [6.45, 7) is 4.24. The molecule has 5 heteroatoms. The van der Waals surface area contributed by atoms with Crippen molar-refractivity contribution in [3.05, 3.63) is 17.9 Å². The highest BCUT2D eigenvalue weighted by Gasteiger charge is 2.17. The first kappa shape index (κ1) is 13.6. The third-order valence-electron chi connectivity index (χ3n) is 2.50. The maximum absolute atomic E-state index is 13.6. The molecule has 0 unspecified atom stereocenters. The van der Waals surface area contributed by atoms with Gasteiger partial charge >= 0.3 is 0 Å². The summed E-state index contributed by atoms with van der Waals surface area (Å²) in [6.07, 6.45) is 0. The molecule has 0 atom stereocenters. The van der Waals surface area contributed by atoms with Gasteiger partial charge in [0.1, 0.15) is 11.6 Å². The van der Waals surface area contributed by atoms with Crippen LogP contribution in [0.4, 0.5) is 15.8 Å². The minimum absolute atomic E-state index is 0.0216. The summed E-state index contributed by atoms with van der Waals surface area (Å²) in [7, 11) is 1.48. The monoisotopic (exact) mass is 242 g/mol. The lowest BCUT2D eigenvalue weighted by atomic mass is 9.95. The number of aliphatic hydroxyl groups excluding tert-OH is 1. The molecule has 0 spiro atoms. The molecule has 0 radical (unpaired) electrons. The number of halogens is 1. The molecule has 0 saturated heterocycles. The number of benzene rings is 1. The number of methoxy groups -OCH3 is 1. The largest absolute Gasteiger partial charge is 0.495 e. The average molecular weight is 242 g/mol. The summed E-state index contributed by atoms with van der Waals surface area (Å²) in [5, 5.41) is 12.0. The Bertz CT molecular complexity index is 394. The molecule has 17 heavy (non-hydrogen) atoms. The SMILES string of the molecule is COc1cc(NCC(C)(C)CO)c(F)cc1N. The van der Waals surface area contributed by atoms with Crippen molar-refractivity contribution in [3.8, 4) is 5.75 Å². The predicted molar refractivity (Wildman–Crippen MR) is 66.7 cm³/mol. The molecule has 0 aliphatic carbocycles. The van der Waals surface area contributed by atoms with Gasteiger partial charge in [0.25, 0.3) is 0 Å². The molecule has 0 fully saturated rings. The van der Waals surface area contributed by atoms with Gasteiger partial charge in [0, 0.05) is 30.7 Å². The second-order valence-electron chi connectivity index (χ2n) is 4.75. The van der Waals surface area contributed by atoms with E-state index in [1.807, 2.05) is 13.8 Å². The van der Waals surface area contributed by atoms with E-state index in [0.29, 0.717) is 18.0 Å². The van der Waals surface area contributed by atoms with Gasteiger partial charge in [-0.05, 0) is 0 Å². The van der Waals surface area contributed by atoms with E-state index in [1.165, 1.54) is 19.2 Å². The van der Waals surface area contributed by atoms with Crippen molar-refractivity contribution >= 4 is 11.4 Å². The third kappa shape index (κ3) is 3.49. The fourth-order valence-corrected chi connectivity index (χ4v) is 1.27. The van der Waals surface area contributed by atoms with Gasteiger partial charge in [-0.1, -0.05) is 13.8 Å². The van der Waals surface area contributed by atoms with Crippen LogP contribution in [0, 0.1) is 11.2 Å². The summed E-state index contributed by atoms with van der Waals surface area (Å²) in [5.74, 6) is -0.00672. The van der Waals surface area contributed by atoms with Crippen molar-refractivity contribution in [2.45, 2.75) is 13.8 Å². The van der Waals surface area contributed by atoms with Crippen LogP contribution in [-0.4, -0.2) is 25.4 Å². The smallest absolute Gasteiger partial charge is 0.148 e. The number of nitrogen functional groups attached to an aromatic ring is 1. The number of nitrogens with one attached hydrogen (secondary N) is 1. The molecule has 1 aromatic carbocycles. The summed E-state index contributed by atoms with van der Waals surface area (Å²) in [6, 6.07) is 2.73. The van der Waals surface area contributed by atoms with Crippen molar-refractivity contribution in [3.63, 3.8) is 0 Å². The van der Waals surface area contributed by atoms with Crippen molar-refractivity contribution in [2.24, 2.45) is 5.41 Å². The lowest BCUT2D eigenvalue weighted by Gasteiger charge is -2.23. The van der Waals surface area contributed by atoms with Crippen molar-refractivity contribution < 1.29 is 14.2 Å². The number of aliphatic hydroxyl groups is 1. The Morgan fingerprint density at radius 2 is 2.12 bits per heavy atom. The van der Waals surface area contributed by atoms with E-state index in [9.17, 15) is 4.39 Å². The topological polar surface area (TPSA) is 67.5 Å². The molecule has 1 rings (SSSR count). The Morgan fingerprint density at radius 1 is 1.47 bits per heavy atom. The Labute approximate surface area is 101 Å². The fraction of sp³-hybridized carbons (Fsp3) is 0.500. The van der Waals surface area contributed by atoms with Crippen LogP contribution in [0.3, 0.4) is 0 Å². The highest BCUT2D eigenvalue weighted by molar-refractivity contribution is 5.62. The number of ether oxygens (including phenoxy) is 1. The van der Waals surface area contributed by atoms with Gasteiger partial charge in [-0.15, -0.1) is 0 Å². The molecule has 0 amide bonds. The lowest BCUT2D eigenvalue weighted by Crippen LogP contribution is -2.27. The number of hydrogen-bond acceptors (Lipinski definition) is 4.